The number of carbonyl (C=O) groups is 1. The Balaban J connectivity index is 2.16. The monoisotopic (exact) mass is 216 g/mol. The first-order chi connectivity index (χ1) is 7.79. The van der Waals surface area contributed by atoms with Gasteiger partial charge < -0.3 is 4.74 Å². The van der Waals surface area contributed by atoms with Gasteiger partial charge in [-0.3, -0.25) is 4.79 Å². The number of aldehydes is 1. The van der Waals surface area contributed by atoms with Gasteiger partial charge in [-0.1, -0.05) is 17.7 Å². The van der Waals surface area contributed by atoms with E-state index in [4.69, 9.17) is 4.74 Å². The zero-order valence-electron chi connectivity index (χ0n) is 9.48. The third-order valence-electron chi connectivity index (χ3n) is 2.78. The van der Waals surface area contributed by atoms with Crippen LogP contribution in [0.1, 0.15) is 35.2 Å². The van der Waals surface area contributed by atoms with Gasteiger partial charge >= 0.3 is 0 Å². The molecule has 0 saturated heterocycles. The summed E-state index contributed by atoms with van der Waals surface area (Å²) in [5.74, 6) is 0.692. The van der Waals surface area contributed by atoms with E-state index in [1.807, 2.05) is 25.1 Å². The van der Waals surface area contributed by atoms with Gasteiger partial charge in [0, 0.05) is 0 Å². The minimum Gasteiger partial charge on any atom is -0.486 e. The standard InChI is InChI=1S/C14H16O2/c1-11-7-8-14(12(9-11)10-15)16-13-5-3-2-4-6-13/h3,5,7-10,13H,2,4,6H2,1H3. The average Bonchev–Trinajstić information content (AvgIpc) is 2.33. The number of hydrogen-bond donors (Lipinski definition) is 0. The molecule has 0 aromatic heterocycles. The number of benzene rings is 1. The van der Waals surface area contributed by atoms with E-state index in [1.54, 1.807) is 0 Å². The molecule has 0 aliphatic heterocycles. The highest BCUT2D eigenvalue weighted by atomic mass is 16.5. The highest BCUT2D eigenvalue weighted by Crippen LogP contribution is 2.23. The largest absolute Gasteiger partial charge is 0.486 e. The fraction of sp³-hybridized carbons (Fsp3) is 0.357. The van der Waals surface area contributed by atoms with E-state index >= 15 is 0 Å². The second-order valence-electron chi connectivity index (χ2n) is 4.17. The average molecular weight is 216 g/mol. The molecule has 84 valence electrons. The molecule has 0 N–H and O–H groups in total. The second kappa shape index (κ2) is 4.97. The topological polar surface area (TPSA) is 26.3 Å². The number of aryl methyl sites for hydroxylation is 1. The molecular weight excluding hydrogens is 200 g/mol. The van der Waals surface area contributed by atoms with Crippen molar-refractivity contribution in [3.05, 3.63) is 41.5 Å². The number of carbonyl (C=O) groups excluding carboxylic acids is 1. The Morgan fingerprint density at radius 1 is 1.44 bits per heavy atom. The molecule has 0 fully saturated rings. The Hall–Kier alpha value is -1.57. The molecule has 1 aromatic carbocycles. The molecule has 2 rings (SSSR count). The van der Waals surface area contributed by atoms with Crippen LogP contribution < -0.4 is 4.74 Å². The summed E-state index contributed by atoms with van der Waals surface area (Å²) in [6, 6.07) is 5.70. The summed E-state index contributed by atoms with van der Waals surface area (Å²) in [4.78, 5) is 10.9. The number of allylic oxidation sites excluding steroid dienone is 1. The van der Waals surface area contributed by atoms with Crippen LogP contribution in [0.5, 0.6) is 5.75 Å². The minimum absolute atomic E-state index is 0.121. The normalized spacial score (nSPS) is 19.4. The molecule has 2 nitrogen and oxygen atoms in total. The van der Waals surface area contributed by atoms with Crippen LogP contribution in [0, 0.1) is 6.92 Å². The summed E-state index contributed by atoms with van der Waals surface area (Å²) in [6.07, 6.45) is 8.52. The maximum atomic E-state index is 10.9. The Kier molecular flexibility index (Phi) is 3.40. The number of hydrogen-bond acceptors (Lipinski definition) is 2. The zero-order chi connectivity index (χ0) is 11.4. The summed E-state index contributed by atoms with van der Waals surface area (Å²) >= 11 is 0. The van der Waals surface area contributed by atoms with Crippen LogP contribution in [0.3, 0.4) is 0 Å². The van der Waals surface area contributed by atoms with E-state index < -0.39 is 0 Å². The van der Waals surface area contributed by atoms with Gasteiger partial charge in [-0.15, -0.1) is 0 Å². The first-order valence-corrected chi connectivity index (χ1v) is 5.69. The van der Waals surface area contributed by atoms with Gasteiger partial charge in [-0.2, -0.15) is 0 Å². The van der Waals surface area contributed by atoms with Gasteiger partial charge in [0.05, 0.1) is 5.56 Å². The summed E-state index contributed by atoms with van der Waals surface area (Å²) in [5.41, 5.74) is 1.72. The van der Waals surface area contributed by atoms with Crippen LogP contribution >= 0.6 is 0 Å². The van der Waals surface area contributed by atoms with E-state index in [0.29, 0.717) is 11.3 Å². The third kappa shape index (κ3) is 2.51. The maximum Gasteiger partial charge on any atom is 0.153 e. The number of ether oxygens (including phenoxy) is 1. The van der Waals surface area contributed by atoms with Crippen LogP contribution in [0.2, 0.25) is 0 Å². The van der Waals surface area contributed by atoms with E-state index in [1.165, 1.54) is 0 Å². The molecule has 1 atom stereocenters. The molecule has 1 aliphatic rings. The lowest BCUT2D eigenvalue weighted by molar-refractivity contribution is 0.111. The van der Waals surface area contributed by atoms with Gasteiger partial charge in [0.25, 0.3) is 0 Å². The molecule has 0 spiro atoms. The van der Waals surface area contributed by atoms with Crippen molar-refractivity contribution in [2.24, 2.45) is 0 Å². The van der Waals surface area contributed by atoms with E-state index in [2.05, 4.69) is 12.2 Å². The highest BCUT2D eigenvalue weighted by molar-refractivity contribution is 5.79. The number of rotatable bonds is 3. The maximum absolute atomic E-state index is 10.9. The van der Waals surface area contributed by atoms with E-state index in [-0.39, 0.29) is 6.10 Å². The smallest absolute Gasteiger partial charge is 0.153 e. The van der Waals surface area contributed by atoms with Crippen molar-refractivity contribution in [1.82, 2.24) is 0 Å². The molecule has 1 aliphatic carbocycles. The Labute approximate surface area is 95.9 Å². The molecular formula is C14H16O2. The van der Waals surface area contributed by atoms with Gasteiger partial charge in [0.2, 0.25) is 0 Å². The molecule has 0 bridgehead atoms. The summed E-state index contributed by atoms with van der Waals surface area (Å²) in [5, 5.41) is 0. The molecule has 16 heavy (non-hydrogen) atoms. The minimum atomic E-state index is 0.121. The SMILES string of the molecule is Cc1ccc(OC2C=CCCC2)c(C=O)c1. The Bertz CT molecular complexity index is 407. The fourth-order valence-electron chi connectivity index (χ4n) is 1.91. The van der Waals surface area contributed by atoms with Crippen molar-refractivity contribution in [3.8, 4) is 5.75 Å². The van der Waals surface area contributed by atoms with Crippen LogP contribution in [0.4, 0.5) is 0 Å². The molecule has 1 aromatic rings. The van der Waals surface area contributed by atoms with Crippen LogP contribution in [-0.4, -0.2) is 12.4 Å². The molecule has 0 amide bonds. The van der Waals surface area contributed by atoms with Crippen molar-refractivity contribution in [2.75, 3.05) is 0 Å². The molecule has 2 heteroatoms. The third-order valence-corrected chi connectivity index (χ3v) is 2.78. The first kappa shape index (κ1) is 10.9. The second-order valence-corrected chi connectivity index (χ2v) is 4.17. The lowest BCUT2D eigenvalue weighted by Crippen LogP contribution is -2.16. The molecule has 0 saturated carbocycles. The van der Waals surface area contributed by atoms with Crippen LogP contribution in [-0.2, 0) is 0 Å². The van der Waals surface area contributed by atoms with Crippen LogP contribution in [0.15, 0.2) is 30.4 Å². The Morgan fingerprint density at radius 3 is 3.00 bits per heavy atom. The summed E-state index contributed by atoms with van der Waals surface area (Å²) in [6.45, 7) is 1.97. The Morgan fingerprint density at radius 2 is 2.31 bits per heavy atom. The van der Waals surface area contributed by atoms with Gasteiger partial charge in [0.15, 0.2) is 6.29 Å². The summed E-state index contributed by atoms with van der Waals surface area (Å²) in [7, 11) is 0. The molecule has 0 radical (unpaired) electrons. The first-order valence-electron chi connectivity index (χ1n) is 5.69. The highest BCUT2D eigenvalue weighted by Gasteiger charge is 2.12. The van der Waals surface area contributed by atoms with Crippen molar-refractivity contribution in [3.63, 3.8) is 0 Å². The molecule has 1 unspecified atom stereocenters. The fourth-order valence-corrected chi connectivity index (χ4v) is 1.91. The van der Waals surface area contributed by atoms with Gasteiger partial charge in [0.1, 0.15) is 11.9 Å². The van der Waals surface area contributed by atoms with Gasteiger partial charge in [-0.25, -0.2) is 0 Å². The predicted molar refractivity (Wildman–Crippen MR) is 64.0 cm³/mol. The predicted octanol–water partition coefficient (Wildman–Crippen LogP) is 3.30. The van der Waals surface area contributed by atoms with E-state index in [0.717, 1.165) is 31.1 Å². The lowest BCUT2D eigenvalue weighted by atomic mass is 10.1. The van der Waals surface area contributed by atoms with E-state index in [9.17, 15) is 4.79 Å². The van der Waals surface area contributed by atoms with Crippen molar-refractivity contribution < 1.29 is 9.53 Å². The van der Waals surface area contributed by atoms with Crippen LogP contribution in [0.25, 0.3) is 0 Å². The van der Waals surface area contributed by atoms with Crippen molar-refractivity contribution in [1.29, 1.82) is 0 Å². The summed E-state index contributed by atoms with van der Waals surface area (Å²) < 4.78 is 5.81. The zero-order valence-corrected chi connectivity index (χ0v) is 9.48. The lowest BCUT2D eigenvalue weighted by Gasteiger charge is -2.19. The van der Waals surface area contributed by atoms with Crippen molar-refractivity contribution >= 4 is 6.29 Å². The van der Waals surface area contributed by atoms with Gasteiger partial charge in [-0.05, 0) is 44.4 Å². The quantitative estimate of drug-likeness (QED) is 0.572. The van der Waals surface area contributed by atoms with Crippen molar-refractivity contribution in [2.45, 2.75) is 32.3 Å². The molecule has 0 heterocycles.